The van der Waals surface area contributed by atoms with Crippen LogP contribution in [0, 0.1) is 16.0 Å². The quantitative estimate of drug-likeness (QED) is 0.475. The van der Waals surface area contributed by atoms with Gasteiger partial charge in [-0.15, -0.1) is 10.2 Å². The summed E-state index contributed by atoms with van der Waals surface area (Å²) in [7, 11) is 0. The number of amides is 1. The molecule has 8 nitrogen and oxygen atoms in total. The molecule has 1 fully saturated rings. The first-order chi connectivity index (χ1) is 14.5. The maximum atomic E-state index is 12.7. The molecule has 4 rings (SSSR count). The second kappa shape index (κ2) is 8.58. The van der Waals surface area contributed by atoms with Crippen molar-refractivity contribution in [1.29, 1.82) is 0 Å². The molecule has 1 aliphatic heterocycles. The number of anilines is 2. The number of rotatable bonds is 5. The minimum atomic E-state index is -0.451. The average molecular weight is 423 g/mol. The summed E-state index contributed by atoms with van der Waals surface area (Å²) in [4.78, 5) is 25.9. The maximum absolute atomic E-state index is 12.7. The molecule has 1 amide bonds. The lowest BCUT2D eigenvalue weighted by atomic mass is 9.98. The Labute approximate surface area is 177 Å². The first-order valence-electron chi connectivity index (χ1n) is 9.75. The molecule has 0 aliphatic carbocycles. The molecule has 0 atom stereocenters. The molecule has 9 heteroatoms. The summed E-state index contributed by atoms with van der Waals surface area (Å²) in [5.41, 5.74) is 1.63. The smallest absolute Gasteiger partial charge is 0.293 e. The number of nitrogens with zero attached hydrogens (tertiary/aromatic N) is 4. The summed E-state index contributed by atoms with van der Waals surface area (Å²) in [5.74, 6) is 0.172. The van der Waals surface area contributed by atoms with Crippen molar-refractivity contribution in [2.45, 2.75) is 19.8 Å². The van der Waals surface area contributed by atoms with Crippen LogP contribution in [0.3, 0.4) is 0 Å². The standard InChI is InChI=1S/C21H21N5O3S/c1-14-9-11-25(12-10-14)17-8-7-16(13-18(17)26(28)29)19(27)22-21-24-23-20(30-21)15-5-3-2-4-6-15/h2-8,13-14H,9-12H2,1H3,(H,22,24,27). The van der Waals surface area contributed by atoms with Crippen LogP contribution in [-0.2, 0) is 0 Å². The van der Waals surface area contributed by atoms with Crippen molar-refractivity contribution >= 4 is 33.8 Å². The summed E-state index contributed by atoms with van der Waals surface area (Å²) in [6.45, 7) is 3.75. The largest absolute Gasteiger partial charge is 0.366 e. The third-order valence-corrected chi connectivity index (χ3v) is 6.11. The van der Waals surface area contributed by atoms with Gasteiger partial charge in [-0.2, -0.15) is 0 Å². The van der Waals surface area contributed by atoms with Crippen molar-refractivity contribution in [1.82, 2.24) is 10.2 Å². The first kappa shape index (κ1) is 20.0. The lowest BCUT2D eigenvalue weighted by Gasteiger charge is -2.31. The van der Waals surface area contributed by atoms with Crippen LogP contribution in [0.4, 0.5) is 16.5 Å². The average Bonchev–Trinajstić information content (AvgIpc) is 3.23. The fraction of sp³-hybridized carbons (Fsp3) is 0.286. The number of nitrogens with one attached hydrogen (secondary N) is 1. The maximum Gasteiger partial charge on any atom is 0.293 e. The second-order valence-corrected chi connectivity index (χ2v) is 8.34. The monoisotopic (exact) mass is 423 g/mol. The Morgan fingerprint density at radius 3 is 2.60 bits per heavy atom. The fourth-order valence-electron chi connectivity index (χ4n) is 3.47. The van der Waals surface area contributed by atoms with Crippen LogP contribution in [0.25, 0.3) is 10.6 Å². The third kappa shape index (κ3) is 4.30. The number of piperidine rings is 1. The van der Waals surface area contributed by atoms with Gasteiger partial charge in [0.15, 0.2) is 0 Å². The molecular formula is C21H21N5O3S. The van der Waals surface area contributed by atoms with Gasteiger partial charge in [-0.25, -0.2) is 0 Å². The van der Waals surface area contributed by atoms with Gasteiger partial charge in [0.05, 0.1) is 4.92 Å². The van der Waals surface area contributed by atoms with E-state index >= 15 is 0 Å². The van der Waals surface area contributed by atoms with Gasteiger partial charge >= 0.3 is 0 Å². The van der Waals surface area contributed by atoms with Crippen LogP contribution in [0.1, 0.15) is 30.1 Å². The van der Waals surface area contributed by atoms with Crippen molar-refractivity contribution in [3.05, 3.63) is 64.2 Å². The predicted octanol–water partition coefficient (Wildman–Crippen LogP) is 4.60. The Bertz CT molecular complexity index is 1060. The molecule has 3 aromatic rings. The normalized spacial score (nSPS) is 14.5. The third-order valence-electron chi connectivity index (χ3n) is 5.22. The van der Waals surface area contributed by atoms with E-state index in [4.69, 9.17) is 0 Å². The molecule has 30 heavy (non-hydrogen) atoms. The molecule has 2 heterocycles. The fourth-order valence-corrected chi connectivity index (χ4v) is 4.21. The van der Waals surface area contributed by atoms with Crippen LogP contribution in [0.2, 0.25) is 0 Å². The minimum Gasteiger partial charge on any atom is -0.366 e. The zero-order valence-corrected chi connectivity index (χ0v) is 17.3. The highest BCUT2D eigenvalue weighted by Crippen LogP contribution is 2.33. The van der Waals surface area contributed by atoms with Crippen LogP contribution < -0.4 is 10.2 Å². The van der Waals surface area contributed by atoms with Crippen LogP contribution in [0.5, 0.6) is 0 Å². The minimum absolute atomic E-state index is 0.0561. The van der Waals surface area contributed by atoms with Crippen molar-refractivity contribution < 1.29 is 9.72 Å². The van der Waals surface area contributed by atoms with Gasteiger partial charge < -0.3 is 4.90 Å². The Kier molecular flexibility index (Phi) is 5.71. The number of aromatic nitrogens is 2. The van der Waals surface area contributed by atoms with E-state index in [-0.39, 0.29) is 11.3 Å². The summed E-state index contributed by atoms with van der Waals surface area (Å²) in [5, 5.41) is 23.5. The second-order valence-electron chi connectivity index (χ2n) is 7.36. The number of nitro groups is 1. The highest BCUT2D eigenvalue weighted by atomic mass is 32.1. The molecule has 1 aromatic heterocycles. The molecule has 0 bridgehead atoms. The van der Waals surface area contributed by atoms with E-state index in [9.17, 15) is 14.9 Å². The number of carbonyl (C=O) groups excluding carboxylic acids is 1. The Balaban J connectivity index is 1.52. The number of hydrogen-bond donors (Lipinski definition) is 1. The summed E-state index contributed by atoms with van der Waals surface area (Å²) < 4.78 is 0. The number of carbonyl (C=O) groups is 1. The van der Waals surface area contributed by atoms with Gasteiger partial charge in [-0.1, -0.05) is 48.6 Å². The molecule has 0 radical (unpaired) electrons. The van der Waals surface area contributed by atoms with Gasteiger partial charge in [0.2, 0.25) is 5.13 Å². The van der Waals surface area contributed by atoms with E-state index in [1.165, 1.54) is 17.4 Å². The lowest BCUT2D eigenvalue weighted by Crippen LogP contribution is -2.33. The summed E-state index contributed by atoms with van der Waals surface area (Å²) >= 11 is 1.25. The van der Waals surface area contributed by atoms with Gasteiger partial charge in [0.25, 0.3) is 11.6 Å². The van der Waals surface area contributed by atoms with Gasteiger partial charge in [-0.05, 0) is 30.9 Å². The molecule has 2 aromatic carbocycles. The molecule has 0 unspecified atom stereocenters. The van der Waals surface area contributed by atoms with E-state index in [0.717, 1.165) is 31.5 Å². The molecule has 0 spiro atoms. The van der Waals surface area contributed by atoms with Crippen molar-refractivity contribution in [3.63, 3.8) is 0 Å². The van der Waals surface area contributed by atoms with Crippen molar-refractivity contribution in [2.75, 3.05) is 23.3 Å². The van der Waals surface area contributed by atoms with Crippen LogP contribution in [-0.4, -0.2) is 34.1 Å². The van der Waals surface area contributed by atoms with E-state index in [1.807, 2.05) is 35.2 Å². The van der Waals surface area contributed by atoms with E-state index in [0.29, 0.717) is 21.7 Å². The van der Waals surface area contributed by atoms with Gasteiger partial charge in [0.1, 0.15) is 10.7 Å². The summed E-state index contributed by atoms with van der Waals surface area (Å²) in [6.07, 6.45) is 2.00. The highest BCUT2D eigenvalue weighted by Gasteiger charge is 2.25. The van der Waals surface area contributed by atoms with Crippen LogP contribution >= 0.6 is 11.3 Å². The molecule has 1 N–H and O–H groups in total. The van der Waals surface area contributed by atoms with E-state index < -0.39 is 10.8 Å². The highest BCUT2D eigenvalue weighted by molar-refractivity contribution is 7.18. The Hall–Kier alpha value is -3.33. The first-order valence-corrected chi connectivity index (χ1v) is 10.6. The summed E-state index contributed by atoms with van der Waals surface area (Å²) in [6, 6.07) is 14.2. The number of benzene rings is 2. The Morgan fingerprint density at radius 2 is 1.90 bits per heavy atom. The molecule has 1 aliphatic rings. The number of nitro benzene ring substituents is 1. The number of hydrogen-bond acceptors (Lipinski definition) is 7. The molecule has 154 valence electrons. The van der Waals surface area contributed by atoms with Gasteiger partial charge in [-0.3, -0.25) is 20.2 Å². The predicted molar refractivity (Wildman–Crippen MR) is 117 cm³/mol. The van der Waals surface area contributed by atoms with Crippen molar-refractivity contribution in [3.8, 4) is 10.6 Å². The van der Waals surface area contributed by atoms with Gasteiger partial charge in [0, 0.05) is 30.3 Å². The lowest BCUT2D eigenvalue weighted by molar-refractivity contribution is -0.384. The van der Waals surface area contributed by atoms with E-state index in [2.05, 4.69) is 22.4 Å². The van der Waals surface area contributed by atoms with E-state index in [1.54, 1.807) is 12.1 Å². The molecule has 0 saturated carbocycles. The van der Waals surface area contributed by atoms with Crippen LogP contribution in [0.15, 0.2) is 48.5 Å². The Morgan fingerprint density at radius 1 is 1.17 bits per heavy atom. The zero-order valence-electron chi connectivity index (χ0n) is 16.4. The molecule has 1 saturated heterocycles. The SMILES string of the molecule is CC1CCN(c2ccc(C(=O)Nc3nnc(-c4ccccc4)s3)cc2[N+](=O)[O-])CC1. The van der Waals surface area contributed by atoms with Crippen molar-refractivity contribution in [2.24, 2.45) is 5.92 Å². The molecular weight excluding hydrogens is 402 g/mol. The zero-order chi connectivity index (χ0) is 21.1. The topological polar surface area (TPSA) is 101 Å².